The maximum Gasteiger partial charge on any atom is 0.490 e. The normalized spacial score (nSPS) is 13.3. The number of alkyl halides is 3. The molecule has 216 valence electrons. The van der Waals surface area contributed by atoms with Gasteiger partial charge in [0.25, 0.3) is 11.8 Å². The number of carbonyl (C=O) groups excluding carboxylic acids is 2. The lowest BCUT2D eigenvalue weighted by Crippen LogP contribution is -2.36. The molecule has 0 spiro atoms. The number of nitrogens with zero attached hydrogens (tertiary/aromatic N) is 4. The summed E-state index contributed by atoms with van der Waals surface area (Å²) in [6, 6.07) is 12.5. The van der Waals surface area contributed by atoms with E-state index in [-0.39, 0.29) is 18.4 Å². The number of hydrogen-bond acceptors (Lipinski definition) is 9. The zero-order chi connectivity index (χ0) is 29.6. The highest BCUT2D eigenvalue weighted by atomic mass is 19.4. The SMILES string of the molecule is Cc1noc(CNC(=O)c2ccc3[nH]nc(NC(=O)c4ccc(N5CCOCC5)cc4)c3c2)n1.O=C(O)C(F)(F)F. The van der Waals surface area contributed by atoms with Crippen molar-refractivity contribution in [2.75, 3.05) is 36.5 Å². The topological polar surface area (TPSA) is 176 Å². The largest absolute Gasteiger partial charge is 0.490 e. The molecule has 1 aliphatic rings. The van der Waals surface area contributed by atoms with Gasteiger partial charge in [-0.05, 0) is 49.4 Å². The molecular weight excluding hydrogens is 551 g/mol. The molecule has 41 heavy (non-hydrogen) atoms. The summed E-state index contributed by atoms with van der Waals surface area (Å²) in [5.41, 5.74) is 2.67. The third kappa shape index (κ3) is 7.57. The van der Waals surface area contributed by atoms with E-state index in [1.807, 2.05) is 12.1 Å². The van der Waals surface area contributed by atoms with Crippen LogP contribution in [0.15, 0.2) is 47.0 Å². The summed E-state index contributed by atoms with van der Waals surface area (Å²) in [7, 11) is 0. The van der Waals surface area contributed by atoms with Gasteiger partial charge in [0.05, 0.1) is 25.3 Å². The molecule has 4 aromatic rings. The summed E-state index contributed by atoms with van der Waals surface area (Å²) in [4.78, 5) is 40.6. The molecule has 1 saturated heterocycles. The Labute approximate surface area is 229 Å². The van der Waals surface area contributed by atoms with E-state index >= 15 is 0 Å². The van der Waals surface area contributed by atoms with Gasteiger partial charge in [-0.3, -0.25) is 14.7 Å². The van der Waals surface area contributed by atoms with Crippen LogP contribution in [-0.4, -0.2) is 75.7 Å². The van der Waals surface area contributed by atoms with Gasteiger partial charge in [-0.2, -0.15) is 23.3 Å². The molecule has 1 aliphatic heterocycles. The fraction of sp³-hybridized carbons (Fsp3) is 0.280. The van der Waals surface area contributed by atoms with Crippen LogP contribution in [0.4, 0.5) is 24.7 Å². The van der Waals surface area contributed by atoms with E-state index in [0.717, 1.165) is 18.8 Å². The zero-order valence-electron chi connectivity index (χ0n) is 21.5. The van der Waals surface area contributed by atoms with Crippen molar-refractivity contribution in [3.05, 3.63) is 65.3 Å². The van der Waals surface area contributed by atoms with Crippen LogP contribution < -0.4 is 15.5 Å². The van der Waals surface area contributed by atoms with Gasteiger partial charge in [-0.15, -0.1) is 0 Å². The zero-order valence-corrected chi connectivity index (χ0v) is 21.5. The quantitative estimate of drug-likeness (QED) is 0.267. The standard InChI is InChI=1S/C23H23N7O4.C2HF3O2/c1-14-25-20(34-29-14)13-24-22(31)16-4-7-19-18(12-16)21(28-27-19)26-23(32)15-2-5-17(6-3-15)30-8-10-33-11-9-30;3-2(4,5)1(6)7/h2-7,12H,8-11,13H2,1H3,(H,24,31)(H2,26,27,28,32);(H,6,7). The number of benzene rings is 2. The summed E-state index contributed by atoms with van der Waals surface area (Å²) in [6.45, 7) is 4.88. The van der Waals surface area contributed by atoms with Crippen LogP contribution in [0, 0.1) is 6.92 Å². The number of carboxylic acids is 1. The maximum atomic E-state index is 12.8. The van der Waals surface area contributed by atoms with Crippen molar-refractivity contribution in [3.8, 4) is 0 Å². The number of hydrogen-bond donors (Lipinski definition) is 4. The smallest absolute Gasteiger partial charge is 0.475 e. The van der Waals surface area contributed by atoms with E-state index in [2.05, 4.69) is 35.9 Å². The van der Waals surface area contributed by atoms with Crippen LogP contribution in [0.25, 0.3) is 10.9 Å². The molecule has 0 saturated carbocycles. The molecule has 2 aromatic carbocycles. The number of carbonyl (C=O) groups is 3. The number of ether oxygens (including phenoxy) is 1. The average Bonchev–Trinajstić information content (AvgIpc) is 3.57. The highest BCUT2D eigenvalue weighted by molar-refractivity contribution is 6.09. The predicted molar refractivity (Wildman–Crippen MR) is 137 cm³/mol. The Balaban J connectivity index is 0.000000493. The van der Waals surface area contributed by atoms with Crippen molar-refractivity contribution < 1.29 is 41.9 Å². The number of aryl methyl sites for hydroxylation is 1. The highest BCUT2D eigenvalue weighted by Gasteiger charge is 2.38. The Hall–Kier alpha value is -4.99. The van der Waals surface area contributed by atoms with Gasteiger partial charge in [0.2, 0.25) is 5.89 Å². The lowest BCUT2D eigenvalue weighted by Gasteiger charge is -2.28. The molecule has 2 amide bonds. The van der Waals surface area contributed by atoms with Crippen LogP contribution >= 0.6 is 0 Å². The number of rotatable bonds is 6. The van der Waals surface area contributed by atoms with E-state index in [1.54, 1.807) is 37.3 Å². The second-order valence-electron chi connectivity index (χ2n) is 8.65. The number of aromatic amines is 1. The van der Waals surface area contributed by atoms with Crippen LogP contribution in [-0.2, 0) is 16.1 Å². The number of H-pyrrole nitrogens is 1. The predicted octanol–water partition coefficient (Wildman–Crippen LogP) is 2.91. The Morgan fingerprint density at radius 1 is 1.05 bits per heavy atom. The average molecular weight is 576 g/mol. The van der Waals surface area contributed by atoms with Crippen molar-refractivity contribution >= 4 is 40.2 Å². The van der Waals surface area contributed by atoms with Crippen molar-refractivity contribution in [2.45, 2.75) is 19.6 Å². The third-order valence-electron chi connectivity index (χ3n) is 5.77. The van der Waals surface area contributed by atoms with E-state index in [0.29, 0.717) is 52.8 Å². The van der Waals surface area contributed by atoms with Crippen LogP contribution in [0.1, 0.15) is 32.4 Å². The minimum atomic E-state index is -5.08. The second-order valence-corrected chi connectivity index (χ2v) is 8.65. The first-order valence-electron chi connectivity index (χ1n) is 12.1. The van der Waals surface area contributed by atoms with E-state index in [1.165, 1.54) is 0 Å². The fourth-order valence-electron chi connectivity index (χ4n) is 3.75. The number of amides is 2. The summed E-state index contributed by atoms with van der Waals surface area (Å²) >= 11 is 0. The lowest BCUT2D eigenvalue weighted by atomic mass is 10.1. The minimum Gasteiger partial charge on any atom is -0.475 e. The minimum absolute atomic E-state index is 0.118. The summed E-state index contributed by atoms with van der Waals surface area (Å²) in [5.74, 6) is -2.19. The third-order valence-corrected chi connectivity index (χ3v) is 5.77. The van der Waals surface area contributed by atoms with Gasteiger partial charge in [0.15, 0.2) is 11.6 Å². The number of anilines is 2. The van der Waals surface area contributed by atoms with Gasteiger partial charge in [-0.1, -0.05) is 5.16 Å². The second kappa shape index (κ2) is 12.5. The molecular formula is C25H24F3N7O6. The Bertz CT molecular complexity index is 1530. The summed E-state index contributed by atoms with van der Waals surface area (Å²) < 4.78 is 42.1. The Morgan fingerprint density at radius 2 is 1.71 bits per heavy atom. The van der Waals surface area contributed by atoms with Crippen molar-refractivity contribution in [2.24, 2.45) is 0 Å². The summed E-state index contributed by atoms with van der Waals surface area (Å²) in [5, 5.41) is 24.1. The van der Waals surface area contributed by atoms with E-state index in [9.17, 15) is 22.8 Å². The summed E-state index contributed by atoms with van der Waals surface area (Å²) in [6.07, 6.45) is -5.08. The van der Waals surface area contributed by atoms with Crippen molar-refractivity contribution in [1.29, 1.82) is 0 Å². The van der Waals surface area contributed by atoms with Gasteiger partial charge >= 0.3 is 12.1 Å². The maximum absolute atomic E-state index is 12.8. The first kappa shape index (κ1) is 29.0. The Morgan fingerprint density at radius 3 is 2.32 bits per heavy atom. The molecule has 0 bridgehead atoms. The molecule has 4 N–H and O–H groups in total. The van der Waals surface area contributed by atoms with E-state index < -0.39 is 12.1 Å². The molecule has 5 rings (SSSR count). The molecule has 1 fully saturated rings. The van der Waals surface area contributed by atoms with Crippen molar-refractivity contribution in [3.63, 3.8) is 0 Å². The molecule has 0 atom stereocenters. The van der Waals surface area contributed by atoms with Crippen LogP contribution in [0.2, 0.25) is 0 Å². The molecule has 0 unspecified atom stereocenters. The number of aliphatic carboxylic acids is 1. The lowest BCUT2D eigenvalue weighted by molar-refractivity contribution is -0.192. The molecule has 13 nitrogen and oxygen atoms in total. The molecule has 3 heterocycles. The van der Waals surface area contributed by atoms with Crippen LogP contribution in [0.5, 0.6) is 0 Å². The number of nitrogens with one attached hydrogen (secondary N) is 3. The Kier molecular flexibility index (Phi) is 8.81. The monoisotopic (exact) mass is 575 g/mol. The van der Waals surface area contributed by atoms with Crippen LogP contribution in [0.3, 0.4) is 0 Å². The molecule has 16 heteroatoms. The van der Waals surface area contributed by atoms with Gasteiger partial charge < -0.3 is 29.9 Å². The van der Waals surface area contributed by atoms with E-state index in [4.69, 9.17) is 19.2 Å². The first-order valence-corrected chi connectivity index (χ1v) is 12.1. The number of fused-ring (bicyclic) bond motifs is 1. The molecule has 0 aliphatic carbocycles. The highest BCUT2D eigenvalue weighted by Crippen LogP contribution is 2.23. The molecule has 2 aromatic heterocycles. The number of morpholine rings is 1. The number of aromatic nitrogens is 4. The van der Waals surface area contributed by atoms with Gasteiger partial charge in [-0.25, -0.2) is 4.79 Å². The first-order chi connectivity index (χ1) is 19.5. The molecule has 0 radical (unpaired) electrons. The number of carboxylic acid groups (broad SMARTS) is 1. The van der Waals surface area contributed by atoms with Crippen molar-refractivity contribution in [1.82, 2.24) is 25.7 Å². The number of halogens is 3. The van der Waals surface area contributed by atoms with Gasteiger partial charge in [0, 0.05) is 35.3 Å². The fourth-order valence-corrected chi connectivity index (χ4v) is 3.75. The van der Waals surface area contributed by atoms with Gasteiger partial charge in [0.1, 0.15) is 0 Å².